The summed E-state index contributed by atoms with van der Waals surface area (Å²) in [5, 5.41) is 11.9. The summed E-state index contributed by atoms with van der Waals surface area (Å²) in [5.74, 6) is -1.70. The molecule has 1 amide bonds. The van der Waals surface area contributed by atoms with Gasteiger partial charge in [0.05, 0.1) is 0 Å². The SMILES string of the molecule is CCC(CC)(NC(=O)c1cc(C(C)=O)cn1C)C(=O)O. The number of aromatic nitrogens is 1. The molecule has 1 aromatic rings. The van der Waals surface area contributed by atoms with Gasteiger partial charge in [0.25, 0.3) is 5.91 Å². The van der Waals surface area contributed by atoms with Crippen LogP contribution in [-0.4, -0.2) is 32.9 Å². The van der Waals surface area contributed by atoms with E-state index < -0.39 is 17.4 Å². The van der Waals surface area contributed by atoms with E-state index in [2.05, 4.69) is 5.32 Å². The van der Waals surface area contributed by atoms with E-state index in [1.165, 1.54) is 17.6 Å². The molecule has 0 radical (unpaired) electrons. The zero-order valence-corrected chi connectivity index (χ0v) is 12.2. The molecule has 0 aliphatic carbocycles. The molecule has 1 rings (SSSR count). The Morgan fingerprint density at radius 2 is 1.85 bits per heavy atom. The van der Waals surface area contributed by atoms with E-state index in [0.29, 0.717) is 5.56 Å². The van der Waals surface area contributed by atoms with E-state index in [9.17, 15) is 19.5 Å². The maximum absolute atomic E-state index is 12.2. The van der Waals surface area contributed by atoms with Crippen LogP contribution in [0.5, 0.6) is 0 Å². The Morgan fingerprint density at radius 3 is 2.20 bits per heavy atom. The van der Waals surface area contributed by atoms with Crippen LogP contribution < -0.4 is 5.32 Å². The lowest BCUT2D eigenvalue weighted by molar-refractivity contribution is -0.144. The first-order valence-corrected chi connectivity index (χ1v) is 6.50. The summed E-state index contributed by atoms with van der Waals surface area (Å²) in [6, 6.07) is 1.47. The molecule has 1 heterocycles. The van der Waals surface area contributed by atoms with Crippen molar-refractivity contribution < 1.29 is 19.5 Å². The molecule has 0 saturated carbocycles. The van der Waals surface area contributed by atoms with Crippen LogP contribution in [0.2, 0.25) is 0 Å². The van der Waals surface area contributed by atoms with Gasteiger partial charge in [-0.25, -0.2) is 4.79 Å². The molecule has 1 aromatic heterocycles. The molecule has 0 saturated heterocycles. The third-order valence-corrected chi connectivity index (χ3v) is 3.61. The summed E-state index contributed by atoms with van der Waals surface area (Å²) in [4.78, 5) is 34.9. The fraction of sp³-hybridized carbons (Fsp3) is 0.500. The molecule has 0 aliphatic heterocycles. The molecule has 0 fully saturated rings. The molecular formula is C14H20N2O4. The van der Waals surface area contributed by atoms with Gasteiger partial charge in [0.2, 0.25) is 0 Å². The molecule has 110 valence electrons. The lowest BCUT2D eigenvalue weighted by Crippen LogP contribution is -2.54. The molecule has 20 heavy (non-hydrogen) atoms. The number of carboxylic acid groups (broad SMARTS) is 1. The number of carboxylic acids is 1. The topological polar surface area (TPSA) is 88.4 Å². The Balaban J connectivity index is 3.07. The third-order valence-electron chi connectivity index (χ3n) is 3.61. The summed E-state index contributed by atoms with van der Waals surface area (Å²) in [6.07, 6.45) is 2.13. The summed E-state index contributed by atoms with van der Waals surface area (Å²) >= 11 is 0. The predicted molar refractivity (Wildman–Crippen MR) is 73.8 cm³/mol. The smallest absolute Gasteiger partial charge is 0.329 e. The van der Waals surface area contributed by atoms with Gasteiger partial charge in [-0.05, 0) is 25.8 Å². The van der Waals surface area contributed by atoms with E-state index >= 15 is 0 Å². The average Bonchev–Trinajstić information content (AvgIpc) is 2.78. The zero-order valence-electron chi connectivity index (χ0n) is 12.2. The van der Waals surface area contributed by atoms with Crippen LogP contribution in [0.15, 0.2) is 12.3 Å². The zero-order chi connectivity index (χ0) is 15.5. The molecule has 0 aromatic carbocycles. The van der Waals surface area contributed by atoms with E-state index in [1.54, 1.807) is 27.1 Å². The standard InChI is InChI=1S/C14H20N2O4/c1-5-14(6-2,13(19)20)15-12(18)11-7-10(9(3)17)8-16(11)4/h7-8H,5-6H2,1-4H3,(H,15,18)(H,19,20). The number of nitrogens with one attached hydrogen (secondary N) is 1. The van der Waals surface area contributed by atoms with Crippen molar-refractivity contribution in [1.82, 2.24) is 9.88 Å². The maximum Gasteiger partial charge on any atom is 0.329 e. The van der Waals surface area contributed by atoms with Crippen molar-refractivity contribution in [3.05, 3.63) is 23.5 Å². The van der Waals surface area contributed by atoms with Gasteiger partial charge < -0.3 is 15.0 Å². The Hall–Kier alpha value is -2.11. The molecule has 6 heteroatoms. The Labute approximate surface area is 117 Å². The van der Waals surface area contributed by atoms with Crippen molar-refractivity contribution in [1.29, 1.82) is 0 Å². The molecule has 0 unspecified atom stereocenters. The van der Waals surface area contributed by atoms with Crippen LogP contribution in [-0.2, 0) is 11.8 Å². The molecule has 0 bridgehead atoms. The van der Waals surface area contributed by atoms with E-state index in [1.807, 2.05) is 0 Å². The van der Waals surface area contributed by atoms with Crippen molar-refractivity contribution in [3.63, 3.8) is 0 Å². The average molecular weight is 280 g/mol. The van der Waals surface area contributed by atoms with Crippen molar-refractivity contribution >= 4 is 17.7 Å². The van der Waals surface area contributed by atoms with Crippen molar-refractivity contribution in [2.45, 2.75) is 39.2 Å². The normalized spacial score (nSPS) is 11.2. The first-order valence-electron chi connectivity index (χ1n) is 6.50. The van der Waals surface area contributed by atoms with Crippen molar-refractivity contribution in [3.8, 4) is 0 Å². The Morgan fingerprint density at radius 1 is 1.30 bits per heavy atom. The van der Waals surface area contributed by atoms with Gasteiger partial charge in [-0.1, -0.05) is 13.8 Å². The van der Waals surface area contributed by atoms with Crippen LogP contribution in [0.3, 0.4) is 0 Å². The van der Waals surface area contributed by atoms with Gasteiger partial charge in [-0.2, -0.15) is 0 Å². The lowest BCUT2D eigenvalue weighted by atomic mass is 9.93. The number of aryl methyl sites for hydroxylation is 1. The second-order valence-corrected chi connectivity index (χ2v) is 4.83. The quantitative estimate of drug-likeness (QED) is 0.775. The second-order valence-electron chi connectivity index (χ2n) is 4.83. The second kappa shape index (κ2) is 5.90. The summed E-state index contributed by atoms with van der Waals surface area (Å²) < 4.78 is 1.52. The molecule has 6 nitrogen and oxygen atoms in total. The highest BCUT2D eigenvalue weighted by Gasteiger charge is 2.37. The highest BCUT2D eigenvalue weighted by Crippen LogP contribution is 2.17. The highest BCUT2D eigenvalue weighted by atomic mass is 16.4. The van der Waals surface area contributed by atoms with E-state index in [4.69, 9.17) is 0 Å². The minimum atomic E-state index is -1.28. The summed E-state index contributed by atoms with van der Waals surface area (Å²) in [7, 11) is 1.64. The number of hydrogen-bond acceptors (Lipinski definition) is 3. The summed E-state index contributed by atoms with van der Waals surface area (Å²) in [6.45, 7) is 4.84. The minimum Gasteiger partial charge on any atom is -0.480 e. The van der Waals surface area contributed by atoms with Crippen LogP contribution in [0.1, 0.15) is 54.5 Å². The lowest BCUT2D eigenvalue weighted by Gasteiger charge is -2.28. The van der Waals surface area contributed by atoms with E-state index in [0.717, 1.165) is 0 Å². The maximum atomic E-state index is 12.2. The number of hydrogen-bond donors (Lipinski definition) is 2. The molecule has 0 aliphatic rings. The molecule has 0 spiro atoms. The fourth-order valence-corrected chi connectivity index (χ4v) is 2.05. The number of nitrogens with zero attached hydrogens (tertiary/aromatic N) is 1. The Bertz CT molecular complexity index is 541. The number of carbonyl (C=O) groups excluding carboxylic acids is 2. The number of Topliss-reactive ketones (excluding diaryl/α,β-unsaturated/α-hetero) is 1. The third kappa shape index (κ3) is 2.89. The number of amides is 1. The number of ketones is 1. The van der Waals surface area contributed by atoms with Gasteiger partial charge in [-0.3, -0.25) is 9.59 Å². The molecule has 0 atom stereocenters. The first-order chi connectivity index (χ1) is 9.27. The van der Waals surface area contributed by atoms with Gasteiger partial charge >= 0.3 is 5.97 Å². The fourth-order valence-electron chi connectivity index (χ4n) is 2.05. The number of carbonyl (C=O) groups is 3. The van der Waals surface area contributed by atoms with Gasteiger partial charge in [0.15, 0.2) is 5.78 Å². The number of rotatable bonds is 6. The first kappa shape index (κ1) is 15.9. The van der Waals surface area contributed by atoms with E-state index in [-0.39, 0.29) is 24.3 Å². The largest absolute Gasteiger partial charge is 0.480 e. The molecular weight excluding hydrogens is 260 g/mol. The minimum absolute atomic E-state index is 0.143. The highest BCUT2D eigenvalue weighted by molar-refractivity contribution is 6.00. The van der Waals surface area contributed by atoms with Crippen LogP contribution in [0.4, 0.5) is 0 Å². The predicted octanol–water partition coefficient (Wildman–Crippen LogP) is 1.60. The number of aliphatic carboxylic acids is 1. The van der Waals surface area contributed by atoms with Gasteiger partial charge in [0, 0.05) is 18.8 Å². The molecule has 2 N–H and O–H groups in total. The van der Waals surface area contributed by atoms with Crippen LogP contribution in [0.25, 0.3) is 0 Å². The van der Waals surface area contributed by atoms with Crippen molar-refractivity contribution in [2.24, 2.45) is 7.05 Å². The Kier molecular flexibility index (Phi) is 4.70. The van der Waals surface area contributed by atoms with Crippen molar-refractivity contribution in [2.75, 3.05) is 0 Å². The monoisotopic (exact) mass is 280 g/mol. The van der Waals surface area contributed by atoms with Gasteiger partial charge in [-0.15, -0.1) is 0 Å². The van der Waals surface area contributed by atoms with Crippen LogP contribution in [0, 0.1) is 0 Å². The summed E-state index contributed by atoms with van der Waals surface area (Å²) in [5.41, 5.74) is -0.591. The van der Waals surface area contributed by atoms with Crippen LogP contribution >= 0.6 is 0 Å². The van der Waals surface area contributed by atoms with Gasteiger partial charge in [0.1, 0.15) is 11.2 Å².